The molecule has 9 aromatic carbocycles. The summed E-state index contributed by atoms with van der Waals surface area (Å²) in [6.07, 6.45) is 0. The number of aromatic nitrogens is 3. The Morgan fingerprint density at radius 1 is 0.302 bits per heavy atom. The Balaban J connectivity index is 1.23. The van der Waals surface area contributed by atoms with Crippen molar-refractivity contribution in [2.75, 3.05) is 0 Å². The molecule has 2 heterocycles. The van der Waals surface area contributed by atoms with Crippen molar-refractivity contribution in [3.63, 3.8) is 0 Å². The van der Waals surface area contributed by atoms with Crippen LogP contribution in [0, 0.1) is 0 Å². The van der Waals surface area contributed by atoms with Crippen LogP contribution in [0.2, 0.25) is 0 Å². The first-order valence-corrected chi connectivity index (χ1v) is 17.9. The molecule has 4 nitrogen and oxygen atoms in total. The molecule has 246 valence electrons. The van der Waals surface area contributed by atoms with Crippen LogP contribution in [0.3, 0.4) is 0 Å². The zero-order valence-electron chi connectivity index (χ0n) is 28.5. The van der Waals surface area contributed by atoms with E-state index in [1.807, 2.05) is 30.3 Å². The van der Waals surface area contributed by atoms with E-state index in [9.17, 15) is 0 Å². The fourth-order valence-electron chi connectivity index (χ4n) is 7.95. The van der Waals surface area contributed by atoms with Crippen molar-refractivity contribution in [1.82, 2.24) is 15.0 Å². The number of para-hydroxylation sites is 1. The summed E-state index contributed by atoms with van der Waals surface area (Å²) in [6.45, 7) is 0. The van der Waals surface area contributed by atoms with Crippen LogP contribution in [0.25, 0.3) is 110 Å². The summed E-state index contributed by atoms with van der Waals surface area (Å²) in [5, 5.41) is 11.4. The summed E-state index contributed by atoms with van der Waals surface area (Å²) in [5.74, 6) is 1.83. The number of hydrogen-bond acceptors (Lipinski definition) is 4. The van der Waals surface area contributed by atoms with Crippen LogP contribution >= 0.6 is 0 Å². The molecule has 0 aliphatic carbocycles. The highest BCUT2D eigenvalue weighted by atomic mass is 16.3. The number of fused-ring (bicyclic) bond motifs is 9. The third-order valence-corrected chi connectivity index (χ3v) is 10.5. The van der Waals surface area contributed by atoms with E-state index in [4.69, 9.17) is 19.4 Å². The minimum absolute atomic E-state index is 0.593. The Morgan fingerprint density at radius 2 is 0.925 bits per heavy atom. The largest absolute Gasteiger partial charge is 0.456 e. The second kappa shape index (κ2) is 11.7. The van der Waals surface area contributed by atoms with Gasteiger partial charge in [-0.25, -0.2) is 15.0 Å². The molecular weight excluding hydrogens is 647 g/mol. The van der Waals surface area contributed by atoms with Gasteiger partial charge < -0.3 is 4.42 Å². The predicted molar refractivity (Wildman–Crippen MR) is 219 cm³/mol. The molecule has 0 aliphatic heterocycles. The van der Waals surface area contributed by atoms with Gasteiger partial charge in [-0.1, -0.05) is 146 Å². The topological polar surface area (TPSA) is 51.8 Å². The van der Waals surface area contributed by atoms with Gasteiger partial charge in [0, 0.05) is 27.5 Å². The number of hydrogen-bond donors (Lipinski definition) is 0. The highest BCUT2D eigenvalue weighted by Crippen LogP contribution is 2.42. The maximum atomic E-state index is 6.57. The van der Waals surface area contributed by atoms with Crippen LogP contribution in [-0.4, -0.2) is 15.0 Å². The molecule has 0 spiro atoms. The first-order chi connectivity index (χ1) is 26.2. The Bertz CT molecular complexity index is 3240. The SMILES string of the molecule is c1ccc(-c2nc(-c3cc4c5ccccc5ccc4c4ccccc34)nc(-c3cc(-c4ccc5ccccc5c4)cc4oc5ccccc5c34)n2)cc1. The van der Waals surface area contributed by atoms with Crippen LogP contribution in [0.1, 0.15) is 0 Å². The van der Waals surface area contributed by atoms with E-state index in [0.717, 1.165) is 60.5 Å². The molecular formula is C49H29N3O. The molecule has 0 aliphatic rings. The van der Waals surface area contributed by atoms with E-state index in [0.29, 0.717) is 17.5 Å². The van der Waals surface area contributed by atoms with Gasteiger partial charge in [0.1, 0.15) is 11.2 Å². The highest BCUT2D eigenvalue weighted by Gasteiger charge is 2.21. The molecule has 0 saturated heterocycles. The molecule has 11 rings (SSSR count). The lowest BCUT2D eigenvalue weighted by Gasteiger charge is -2.14. The summed E-state index contributed by atoms with van der Waals surface area (Å²) in [7, 11) is 0. The number of furan rings is 1. The summed E-state index contributed by atoms with van der Waals surface area (Å²) >= 11 is 0. The zero-order chi connectivity index (χ0) is 34.9. The molecule has 0 fully saturated rings. The highest BCUT2D eigenvalue weighted by molar-refractivity contribution is 6.21. The minimum atomic E-state index is 0.593. The van der Waals surface area contributed by atoms with Crippen LogP contribution in [0.5, 0.6) is 0 Å². The van der Waals surface area contributed by atoms with Gasteiger partial charge in [0.05, 0.1) is 0 Å². The van der Waals surface area contributed by atoms with Gasteiger partial charge in [0.2, 0.25) is 0 Å². The maximum absolute atomic E-state index is 6.57. The quantitative estimate of drug-likeness (QED) is 0.174. The average molecular weight is 676 g/mol. The second-order valence-corrected chi connectivity index (χ2v) is 13.6. The van der Waals surface area contributed by atoms with E-state index in [1.165, 1.54) is 32.3 Å². The summed E-state index contributed by atoms with van der Waals surface area (Å²) in [5.41, 5.74) is 6.52. The van der Waals surface area contributed by atoms with Crippen molar-refractivity contribution in [2.24, 2.45) is 0 Å². The Kier molecular flexibility index (Phi) is 6.52. The van der Waals surface area contributed by atoms with Gasteiger partial charge in [0.25, 0.3) is 0 Å². The van der Waals surface area contributed by atoms with Crippen molar-refractivity contribution < 1.29 is 4.42 Å². The standard InChI is InChI=1S/C49H29N3O/c1-2-14-32(15-3-1)47-50-48(42-29-41-36-17-7-6-13-31(36)24-25-39(41)37-18-8-9-19-38(37)42)52-49(51-47)43-27-35(34-23-22-30-12-4-5-16-33(30)26-34)28-45-46(43)40-20-10-11-21-44(40)53-45/h1-29H. The third kappa shape index (κ3) is 4.80. The molecule has 0 radical (unpaired) electrons. The van der Waals surface area contributed by atoms with E-state index in [2.05, 4.69) is 146 Å². The molecule has 0 atom stereocenters. The van der Waals surface area contributed by atoms with Gasteiger partial charge in [-0.15, -0.1) is 0 Å². The first-order valence-electron chi connectivity index (χ1n) is 17.9. The first kappa shape index (κ1) is 29.5. The molecule has 53 heavy (non-hydrogen) atoms. The Hall–Kier alpha value is -7.17. The van der Waals surface area contributed by atoms with Crippen LogP contribution < -0.4 is 0 Å². The Labute approximate surface area is 304 Å². The van der Waals surface area contributed by atoms with Crippen molar-refractivity contribution in [3.05, 3.63) is 176 Å². The fourth-order valence-corrected chi connectivity index (χ4v) is 7.95. The molecule has 0 amide bonds. The molecule has 0 saturated carbocycles. The molecule has 0 unspecified atom stereocenters. The summed E-state index contributed by atoms with van der Waals surface area (Å²) in [4.78, 5) is 15.9. The number of benzene rings is 9. The molecule has 0 bridgehead atoms. The van der Waals surface area contributed by atoms with Crippen LogP contribution in [0.4, 0.5) is 0 Å². The van der Waals surface area contributed by atoms with Gasteiger partial charge in [-0.05, 0) is 84.5 Å². The van der Waals surface area contributed by atoms with Gasteiger partial charge in [-0.2, -0.15) is 0 Å². The smallest absolute Gasteiger partial charge is 0.164 e. The molecule has 0 N–H and O–H groups in total. The van der Waals surface area contributed by atoms with Gasteiger partial charge in [0.15, 0.2) is 17.5 Å². The second-order valence-electron chi connectivity index (χ2n) is 13.6. The van der Waals surface area contributed by atoms with E-state index in [-0.39, 0.29) is 0 Å². The van der Waals surface area contributed by atoms with E-state index >= 15 is 0 Å². The summed E-state index contributed by atoms with van der Waals surface area (Å²) < 4.78 is 6.57. The summed E-state index contributed by atoms with van der Waals surface area (Å²) in [6, 6.07) is 61.6. The zero-order valence-corrected chi connectivity index (χ0v) is 28.5. The van der Waals surface area contributed by atoms with Crippen molar-refractivity contribution in [1.29, 1.82) is 0 Å². The fraction of sp³-hybridized carbons (Fsp3) is 0. The molecule has 4 heteroatoms. The van der Waals surface area contributed by atoms with Crippen molar-refractivity contribution in [3.8, 4) is 45.3 Å². The minimum Gasteiger partial charge on any atom is -0.456 e. The van der Waals surface area contributed by atoms with Crippen LogP contribution in [0.15, 0.2) is 180 Å². The number of rotatable bonds is 4. The normalized spacial score (nSPS) is 11.8. The lowest BCUT2D eigenvalue weighted by Crippen LogP contribution is -2.01. The lowest BCUT2D eigenvalue weighted by atomic mass is 9.93. The Morgan fingerprint density at radius 3 is 1.77 bits per heavy atom. The van der Waals surface area contributed by atoms with E-state index < -0.39 is 0 Å². The predicted octanol–water partition coefficient (Wildman–Crippen LogP) is 13.1. The number of nitrogens with zero attached hydrogens (tertiary/aromatic N) is 3. The van der Waals surface area contributed by atoms with Gasteiger partial charge in [-0.3, -0.25) is 0 Å². The maximum Gasteiger partial charge on any atom is 0.164 e. The molecule has 2 aromatic heterocycles. The lowest BCUT2D eigenvalue weighted by molar-refractivity contribution is 0.669. The van der Waals surface area contributed by atoms with E-state index in [1.54, 1.807) is 0 Å². The third-order valence-electron chi connectivity index (χ3n) is 10.5. The van der Waals surface area contributed by atoms with Crippen molar-refractivity contribution >= 4 is 65.0 Å². The average Bonchev–Trinajstić information content (AvgIpc) is 3.61. The van der Waals surface area contributed by atoms with Gasteiger partial charge >= 0.3 is 0 Å². The van der Waals surface area contributed by atoms with Crippen LogP contribution in [-0.2, 0) is 0 Å². The van der Waals surface area contributed by atoms with Crippen molar-refractivity contribution in [2.45, 2.75) is 0 Å². The molecule has 11 aromatic rings. The monoisotopic (exact) mass is 675 g/mol.